The Hall–Kier alpha value is -2.63. The Kier molecular flexibility index (Phi) is 3.56. The maximum Gasteiger partial charge on any atom is 0.256 e. The molecule has 0 unspecified atom stereocenters. The summed E-state index contributed by atoms with van der Waals surface area (Å²) in [6, 6.07) is 6.01. The van der Waals surface area contributed by atoms with E-state index in [0.29, 0.717) is 11.6 Å². The largest absolute Gasteiger partial charge is 0.508 e. The van der Waals surface area contributed by atoms with Gasteiger partial charge in [-0.3, -0.25) is 4.79 Å². The van der Waals surface area contributed by atoms with Gasteiger partial charge >= 0.3 is 0 Å². The fourth-order valence-corrected chi connectivity index (χ4v) is 1.72. The first-order valence-electron chi connectivity index (χ1n) is 5.74. The molecule has 0 heterocycles. The predicted molar refractivity (Wildman–Crippen MR) is 71.6 cm³/mol. The van der Waals surface area contributed by atoms with E-state index < -0.39 is 17.5 Å². The summed E-state index contributed by atoms with van der Waals surface area (Å²) in [5.74, 6) is -2.49. The van der Waals surface area contributed by atoms with Crippen molar-refractivity contribution in [3.05, 3.63) is 53.1 Å². The summed E-state index contributed by atoms with van der Waals surface area (Å²) in [5, 5.41) is 11.8. The average molecular weight is 278 g/mol. The van der Waals surface area contributed by atoms with Gasteiger partial charge in [-0.15, -0.1) is 0 Å². The number of aromatic hydroxyl groups is 1. The normalized spacial score (nSPS) is 10.3. The van der Waals surface area contributed by atoms with Crippen LogP contribution in [0.4, 0.5) is 20.2 Å². The number of rotatable bonds is 2. The van der Waals surface area contributed by atoms with Crippen LogP contribution < -0.4 is 11.1 Å². The van der Waals surface area contributed by atoms with Gasteiger partial charge in [0.15, 0.2) is 0 Å². The molecular weight excluding hydrogens is 266 g/mol. The lowest BCUT2D eigenvalue weighted by Gasteiger charge is -2.10. The number of phenols is 1. The topological polar surface area (TPSA) is 75.3 Å². The van der Waals surface area contributed by atoms with Gasteiger partial charge < -0.3 is 16.2 Å². The molecule has 0 radical (unpaired) electrons. The van der Waals surface area contributed by atoms with Crippen molar-refractivity contribution < 1.29 is 18.7 Å². The minimum Gasteiger partial charge on any atom is -0.508 e. The van der Waals surface area contributed by atoms with Crippen LogP contribution in [0.5, 0.6) is 5.75 Å². The molecule has 4 nitrogen and oxygen atoms in total. The number of amides is 1. The summed E-state index contributed by atoms with van der Waals surface area (Å²) >= 11 is 0. The van der Waals surface area contributed by atoms with Crippen LogP contribution in [0, 0.1) is 18.6 Å². The Balaban J connectivity index is 2.33. The molecule has 6 heteroatoms. The van der Waals surface area contributed by atoms with Gasteiger partial charge in [0.2, 0.25) is 0 Å². The summed E-state index contributed by atoms with van der Waals surface area (Å²) < 4.78 is 26.6. The number of halogens is 2. The van der Waals surface area contributed by atoms with Gasteiger partial charge in [0.1, 0.15) is 17.4 Å². The second-order valence-corrected chi connectivity index (χ2v) is 4.26. The van der Waals surface area contributed by atoms with Crippen molar-refractivity contribution in [3.63, 3.8) is 0 Å². The average Bonchev–Trinajstić information content (AvgIpc) is 2.39. The minimum absolute atomic E-state index is 0.0447. The third kappa shape index (κ3) is 2.54. The number of hydrogen-bond donors (Lipinski definition) is 3. The number of carbonyl (C=O) groups is 1. The monoisotopic (exact) mass is 278 g/mol. The first kappa shape index (κ1) is 13.8. The fraction of sp³-hybridized carbons (Fsp3) is 0.0714. The third-order valence-corrected chi connectivity index (χ3v) is 2.88. The number of benzene rings is 2. The highest BCUT2D eigenvalue weighted by molar-refractivity contribution is 6.05. The molecule has 0 fully saturated rings. The first-order chi connectivity index (χ1) is 9.40. The second-order valence-electron chi connectivity index (χ2n) is 4.26. The molecule has 0 atom stereocenters. The van der Waals surface area contributed by atoms with Crippen molar-refractivity contribution in [1.82, 2.24) is 0 Å². The smallest absolute Gasteiger partial charge is 0.256 e. The highest BCUT2D eigenvalue weighted by atomic mass is 19.1. The molecule has 1 amide bonds. The fourth-order valence-electron chi connectivity index (χ4n) is 1.72. The standard InChI is InChI=1S/C14H12F2N2O2/c1-7-8(3-2-4-13(7)19)14(20)18-12-6-11(17)9(15)5-10(12)16/h2-6,19H,17H2,1H3,(H,18,20). The van der Waals surface area contributed by atoms with Crippen molar-refractivity contribution in [2.45, 2.75) is 6.92 Å². The summed E-state index contributed by atoms with van der Waals surface area (Å²) in [6.45, 7) is 1.56. The number of phenolic OH excluding ortho intramolecular Hbond substituents is 1. The number of nitrogens with two attached hydrogens (primary N) is 1. The van der Waals surface area contributed by atoms with Crippen LogP contribution in [0.25, 0.3) is 0 Å². The number of nitrogens with one attached hydrogen (secondary N) is 1. The van der Waals surface area contributed by atoms with Crippen molar-refractivity contribution in [3.8, 4) is 5.75 Å². The van der Waals surface area contributed by atoms with Gasteiger partial charge in [0, 0.05) is 17.2 Å². The molecule has 0 saturated heterocycles. The van der Waals surface area contributed by atoms with Crippen LogP contribution in [0.2, 0.25) is 0 Å². The highest BCUT2D eigenvalue weighted by Gasteiger charge is 2.15. The zero-order valence-corrected chi connectivity index (χ0v) is 10.6. The summed E-state index contributed by atoms with van der Waals surface area (Å²) in [5.41, 5.74) is 5.38. The van der Waals surface area contributed by atoms with E-state index in [4.69, 9.17) is 5.73 Å². The van der Waals surface area contributed by atoms with Gasteiger partial charge in [-0.1, -0.05) is 6.07 Å². The molecule has 2 rings (SSSR count). The highest BCUT2D eigenvalue weighted by Crippen LogP contribution is 2.24. The zero-order valence-electron chi connectivity index (χ0n) is 10.6. The zero-order chi connectivity index (χ0) is 14.9. The van der Waals surface area contributed by atoms with Crippen LogP contribution in [0.15, 0.2) is 30.3 Å². The number of anilines is 2. The van der Waals surface area contributed by atoms with E-state index in [1.807, 2.05) is 0 Å². The van der Waals surface area contributed by atoms with Crippen molar-refractivity contribution in [2.75, 3.05) is 11.1 Å². The maximum atomic E-state index is 13.5. The lowest BCUT2D eigenvalue weighted by Crippen LogP contribution is -2.15. The van der Waals surface area contributed by atoms with E-state index >= 15 is 0 Å². The molecule has 0 bridgehead atoms. The SMILES string of the molecule is Cc1c(O)cccc1C(=O)Nc1cc(N)c(F)cc1F. The molecule has 0 aliphatic rings. The minimum atomic E-state index is -0.928. The molecule has 4 N–H and O–H groups in total. The lowest BCUT2D eigenvalue weighted by molar-refractivity contribution is 0.102. The molecule has 2 aromatic rings. The Morgan fingerprint density at radius 3 is 2.65 bits per heavy atom. The van der Waals surface area contributed by atoms with Crippen LogP contribution in [0.1, 0.15) is 15.9 Å². The van der Waals surface area contributed by atoms with Crippen LogP contribution in [-0.4, -0.2) is 11.0 Å². The van der Waals surface area contributed by atoms with E-state index in [1.165, 1.54) is 18.2 Å². The van der Waals surface area contributed by atoms with E-state index in [1.54, 1.807) is 6.92 Å². The van der Waals surface area contributed by atoms with Gasteiger partial charge in [0.25, 0.3) is 5.91 Å². The number of hydrogen-bond acceptors (Lipinski definition) is 3. The van der Waals surface area contributed by atoms with Gasteiger partial charge in [0.05, 0.1) is 11.4 Å². The van der Waals surface area contributed by atoms with Crippen LogP contribution >= 0.6 is 0 Å². The Labute approximate surface area is 113 Å². The van der Waals surface area contributed by atoms with Crippen molar-refractivity contribution in [2.24, 2.45) is 0 Å². The van der Waals surface area contributed by atoms with Gasteiger partial charge in [-0.25, -0.2) is 8.78 Å². The Morgan fingerprint density at radius 1 is 1.25 bits per heavy atom. The van der Waals surface area contributed by atoms with Gasteiger partial charge in [-0.2, -0.15) is 0 Å². The molecule has 104 valence electrons. The second kappa shape index (κ2) is 5.16. The Bertz CT molecular complexity index is 687. The molecule has 0 aliphatic carbocycles. The lowest BCUT2D eigenvalue weighted by atomic mass is 10.1. The van der Waals surface area contributed by atoms with Gasteiger partial charge in [-0.05, 0) is 25.1 Å². The molecule has 0 aromatic heterocycles. The van der Waals surface area contributed by atoms with Crippen molar-refractivity contribution >= 4 is 17.3 Å². The molecule has 0 saturated carbocycles. The first-order valence-corrected chi connectivity index (χ1v) is 5.74. The van der Waals surface area contributed by atoms with E-state index in [9.17, 15) is 18.7 Å². The number of nitrogen functional groups attached to an aromatic ring is 1. The summed E-state index contributed by atoms with van der Waals surface area (Å²) in [6.07, 6.45) is 0. The third-order valence-electron chi connectivity index (χ3n) is 2.88. The maximum absolute atomic E-state index is 13.5. The van der Waals surface area contributed by atoms with E-state index in [0.717, 1.165) is 6.07 Å². The summed E-state index contributed by atoms with van der Waals surface area (Å²) in [7, 11) is 0. The van der Waals surface area contributed by atoms with E-state index in [2.05, 4.69) is 5.32 Å². The quantitative estimate of drug-likeness (QED) is 0.739. The Morgan fingerprint density at radius 2 is 1.95 bits per heavy atom. The van der Waals surface area contributed by atoms with Crippen LogP contribution in [0.3, 0.4) is 0 Å². The molecule has 20 heavy (non-hydrogen) atoms. The van der Waals surface area contributed by atoms with Crippen molar-refractivity contribution in [1.29, 1.82) is 0 Å². The predicted octanol–water partition coefficient (Wildman–Crippen LogP) is 2.81. The molecular formula is C14H12F2N2O2. The number of carbonyl (C=O) groups excluding carboxylic acids is 1. The molecule has 0 aliphatic heterocycles. The molecule has 2 aromatic carbocycles. The van der Waals surface area contributed by atoms with E-state index in [-0.39, 0.29) is 22.7 Å². The summed E-state index contributed by atoms with van der Waals surface area (Å²) in [4.78, 5) is 12.0. The van der Waals surface area contributed by atoms with Crippen LogP contribution in [-0.2, 0) is 0 Å². The molecule has 0 spiro atoms.